The predicted octanol–water partition coefficient (Wildman–Crippen LogP) is 4.85. The number of anilines is 1. The summed E-state index contributed by atoms with van der Waals surface area (Å²) in [6.45, 7) is 6.56. The standard InChI is InChI=1S/C22H20F3NO5/c1-11-12(2)20-16(13(3)19(11)30-14(4)27)9-15(10-29-20)21(28)26-17-7-5-6-8-18(17)31-22(23,24)25/h5-9H,10H2,1-4H3,(H,26,28). The molecule has 1 heterocycles. The molecule has 0 atom stereocenters. The molecule has 0 spiro atoms. The Morgan fingerprint density at radius 2 is 1.74 bits per heavy atom. The van der Waals surface area contributed by atoms with Crippen molar-refractivity contribution in [3.8, 4) is 17.2 Å². The van der Waals surface area contributed by atoms with E-state index in [0.717, 1.165) is 17.2 Å². The summed E-state index contributed by atoms with van der Waals surface area (Å²) < 4.78 is 52.9. The van der Waals surface area contributed by atoms with E-state index in [1.54, 1.807) is 19.9 Å². The van der Waals surface area contributed by atoms with Crippen LogP contribution in [0, 0.1) is 20.8 Å². The van der Waals surface area contributed by atoms with Crippen molar-refractivity contribution < 1.29 is 37.0 Å². The largest absolute Gasteiger partial charge is 0.573 e. The maximum Gasteiger partial charge on any atom is 0.573 e. The first kappa shape index (κ1) is 22.2. The molecular formula is C22H20F3NO5. The van der Waals surface area contributed by atoms with Gasteiger partial charge in [-0.25, -0.2) is 0 Å². The molecule has 0 fully saturated rings. The molecular weight excluding hydrogens is 415 g/mol. The van der Waals surface area contributed by atoms with Gasteiger partial charge in [-0.05, 0) is 50.1 Å². The fraction of sp³-hybridized carbons (Fsp3) is 0.273. The van der Waals surface area contributed by atoms with E-state index in [2.05, 4.69) is 10.1 Å². The first-order valence-corrected chi connectivity index (χ1v) is 9.29. The van der Waals surface area contributed by atoms with Gasteiger partial charge in [0.05, 0.1) is 11.3 Å². The third-order valence-electron chi connectivity index (χ3n) is 4.82. The maximum absolute atomic E-state index is 12.7. The third-order valence-corrected chi connectivity index (χ3v) is 4.82. The fourth-order valence-corrected chi connectivity index (χ4v) is 3.26. The van der Waals surface area contributed by atoms with Crippen LogP contribution < -0.4 is 19.5 Å². The van der Waals surface area contributed by atoms with E-state index >= 15 is 0 Å². The molecule has 2 aromatic rings. The van der Waals surface area contributed by atoms with Crippen LogP contribution in [0.15, 0.2) is 29.8 Å². The fourth-order valence-electron chi connectivity index (χ4n) is 3.26. The molecule has 164 valence electrons. The smallest absolute Gasteiger partial charge is 0.488 e. The van der Waals surface area contributed by atoms with E-state index in [-0.39, 0.29) is 17.9 Å². The number of hydrogen-bond acceptors (Lipinski definition) is 5. The molecule has 0 saturated carbocycles. The number of carbonyl (C=O) groups excluding carboxylic acids is 2. The Morgan fingerprint density at radius 3 is 2.39 bits per heavy atom. The van der Waals surface area contributed by atoms with Crippen LogP contribution in [0.3, 0.4) is 0 Å². The Morgan fingerprint density at radius 1 is 1.06 bits per heavy atom. The minimum atomic E-state index is -4.90. The van der Waals surface area contributed by atoms with Crippen molar-refractivity contribution in [2.24, 2.45) is 0 Å². The molecule has 9 heteroatoms. The number of ether oxygens (including phenoxy) is 3. The van der Waals surface area contributed by atoms with Gasteiger partial charge in [-0.3, -0.25) is 9.59 Å². The number of carbonyl (C=O) groups is 2. The van der Waals surface area contributed by atoms with E-state index in [1.807, 2.05) is 6.92 Å². The van der Waals surface area contributed by atoms with Crippen LogP contribution in [0.4, 0.5) is 18.9 Å². The lowest BCUT2D eigenvalue weighted by atomic mass is 9.94. The quantitative estimate of drug-likeness (QED) is 0.549. The van der Waals surface area contributed by atoms with E-state index < -0.39 is 24.0 Å². The topological polar surface area (TPSA) is 73.9 Å². The molecule has 6 nitrogen and oxygen atoms in total. The Hall–Kier alpha value is -3.49. The van der Waals surface area contributed by atoms with Crippen LogP contribution >= 0.6 is 0 Å². The van der Waals surface area contributed by atoms with Gasteiger partial charge >= 0.3 is 12.3 Å². The van der Waals surface area contributed by atoms with Crippen LogP contribution in [-0.2, 0) is 9.59 Å². The zero-order valence-electron chi connectivity index (χ0n) is 17.3. The zero-order valence-corrected chi connectivity index (χ0v) is 17.3. The number of amides is 1. The first-order valence-electron chi connectivity index (χ1n) is 9.29. The van der Waals surface area contributed by atoms with Gasteiger partial charge in [-0.15, -0.1) is 13.2 Å². The number of fused-ring (bicyclic) bond motifs is 1. The third kappa shape index (κ3) is 4.82. The maximum atomic E-state index is 12.7. The van der Waals surface area contributed by atoms with Gasteiger partial charge in [0.1, 0.15) is 18.1 Å². The number of esters is 1. The van der Waals surface area contributed by atoms with Crippen LogP contribution in [0.1, 0.15) is 29.2 Å². The number of halogens is 3. The average Bonchev–Trinajstić information content (AvgIpc) is 2.69. The number of benzene rings is 2. The molecule has 0 radical (unpaired) electrons. The van der Waals surface area contributed by atoms with E-state index in [1.165, 1.54) is 25.1 Å². The Bertz CT molecular complexity index is 1090. The summed E-state index contributed by atoms with van der Waals surface area (Å²) in [5.74, 6) is -0.709. The van der Waals surface area contributed by atoms with Crippen LogP contribution in [0.5, 0.6) is 17.2 Å². The molecule has 0 aromatic heterocycles. The predicted molar refractivity (Wildman–Crippen MR) is 107 cm³/mol. The molecule has 0 unspecified atom stereocenters. The Balaban J connectivity index is 1.95. The van der Waals surface area contributed by atoms with Gasteiger partial charge < -0.3 is 19.5 Å². The van der Waals surface area contributed by atoms with Crippen molar-refractivity contribution in [3.05, 3.63) is 52.1 Å². The molecule has 31 heavy (non-hydrogen) atoms. The highest BCUT2D eigenvalue weighted by atomic mass is 19.4. The summed E-state index contributed by atoms with van der Waals surface area (Å²) in [6.07, 6.45) is -3.32. The summed E-state index contributed by atoms with van der Waals surface area (Å²) in [5.41, 5.74) is 2.74. The van der Waals surface area contributed by atoms with Gasteiger partial charge in [-0.1, -0.05) is 12.1 Å². The van der Waals surface area contributed by atoms with Gasteiger partial charge in [0, 0.05) is 18.1 Å². The van der Waals surface area contributed by atoms with Gasteiger partial charge in [-0.2, -0.15) is 0 Å². The number of alkyl halides is 3. The first-order chi connectivity index (χ1) is 14.5. The molecule has 0 bridgehead atoms. The highest BCUT2D eigenvalue weighted by molar-refractivity contribution is 6.08. The lowest BCUT2D eigenvalue weighted by molar-refractivity contribution is -0.274. The van der Waals surface area contributed by atoms with Gasteiger partial charge in [0.15, 0.2) is 5.75 Å². The second-order valence-corrected chi connectivity index (χ2v) is 7.00. The molecule has 0 saturated heterocycles. The molecule has 1 aliphatic rings. The van der Waals surface area contributed by atoms with Crippen LogP contribution in [0.25, 0.3) is 6.08 Å². The van der Waals surface area contributed by atoms with Crippen molar-refractivity contribution in [2.45, 2.75) is 34.1 Å². The molecule has 1 aliphatic heterocycles. The monoisotopic (exact) mass is 435 g/mol. The number of hydrogen-bond donors (Lipinski definition) is 1. The van der Waals surface area contributed by atoms with Crippen molar-refractivity contribution in [1.29, 1.82) is 0 Å². The minimum Gasteiger partial charge on any atom is -0.488 e. The zero-order chi connectivity index (χ0) is 22.9. The summed E-state index contributed by atoms with van der Waals surface area (Å²) in [4.78, 5) is 24.2. The molecule has 1 N–H and O–H groups in total. The van der Waals surface area contributed by atoms with Gasteiger partial charge in [0.2, 0.25) is 0 Å². The summed E-state index contributed by atoms with van der Waals surface area (Å²) >= 11 is 0. The second kappa shape index (κ2) is 8.33. The molecule has 2 aromatic carbocycles. The van der Waals surface area contributed by atoms with Gasteiger partial charge in [0.25, 0.3) is 5.91 Å². The highest BCUT2D eigenvalue weighted by Crippen LogP contribution is 2.41. The number of nitrogens with one attached hydrogen (secondary N) is 1. The summed E-state index contributed by atoms with van der Waals surface area (Å²) in [5, 5.41) is 2.43. The van der Waals surface area contributed by atoms with Crippen molar-refractivity contribution in [2.75, 3.05) is 11.9 Å². The normalized spacial score (nSPS) is 12.9. The minimum absolute atomic E-state index is 0.0756. The summed E-state index contributed by atoms with van der Waals surface area (Å²) in [6, 6.07) is 5.24. The SMILES string of the molecule is CC(=O)Oc1c(C)c(C)c2c(c1C)C=C(C(=O)Nc1ccccc1OC(F)(F)F)CO2. The average molecular weight is 435 g/mol. The summed E-state index contributed by atoms with van der Waals surface area (Å²) in [7, 11) is 0. The second-order valence-electron chi connectivity index (χ2n) is 7.00. The van der Waals surface area contributed by atoms with Crippen molar-refractivity contribution in [3.63, 3.8) is 0 Å². The molecule has 1 amide bonds. The van der Waals surface area contributed by atoms with Crippen LogP contribution in [-0.4, -0.2) is 24.8 Å². The lowest BCUT2D eigenvalue weighted by Gasteiger charge is -2.24. The van der Waals surface area contributed by atoms with Crippen molar-refractivity contribution >= 4 is 23.6 Å². The Labute approximate surface area is 176 Å². The molecule has 3 rings (SSSR count). The lowest BCUT2D eigenvalue weighted by Crippen LogP contribution is -2.23. The van der Waals surface area contributed by atoms with E-state index in [4.69, 9.17) is 9.47 Å². The van der Waals surface area contributed by atoms with Crippen molar-refractivity contribution in [1.82, 2.24) is 0 Å². The number of para-hydroxylation sites is 2. The van der Waals surface area contributed by atoms with Crippen LogP contribution in [0.2, 0.25) is 0 Å². The van der Waals surface area contributed by atoms with E-state index in [0.29, 0.717) is 22.6 Å². The van der Waals surface area contributed by atoms with E-state index in [9.17, 15) is 22.8 Å². The highest BCUT2D eigenvalue weighted by Gasteiger charge is 2.32. The number of rotatable bonds is 4. The Kier molecular flexibility index (Phi) is 5.97. The molecule has 0 aliphatic carbocycles.